The van der Waals surface area contributed by atoms with Gasteiger partial charge in [0.25, 0.3) is 0 Å². The summed E-state index contributed by atoms with van der Waals surface area (Å²) >= 11 is 0. The van der Waals surface area contributed by atoms with Crippen molar-refractivity contribution in [2.24, 2.45) is 0 Å². The Hall–Kier alpha value is -4.84. The van der Waals surface area contributed by atoms with Gasteiger partial charge in [0.15, 0.2) is 0 Å². The van der Waals surface area contributed by atoms with Crippen molar-refractivity contribution in [3.63, 3.8) is 0 Å². The van der Waals surface area contributed by atoms with Crippen LogP contribution in [0.2, 0.25) is 0 Å². The van der Waals surface area contributed by atoms with Crippen molar-refractivity contribution >= 4 is 47.3 Å². The van der Waals surface area contributed by atoms with Crippen molar-refractivity contribution in [1.29, 1.82) is 0 Å². The maximum Gasteiger partial charge on any atom is 0.306 e. The highest BCUT2D eigenvalue weighted by atomic mass is 16.6. The molecule has 0 aromatic carbocycles. The number of nitrogens with zero attached hydrogens (tertiary/aromatic N) is 1. The number of carbonyl (C=O) groups is 8. The number of amides is 7. The van der Waals surface area contributed by atoms with Gasteiger partial charge in [-0.3, -0.25) is 48.5 Å². The van der Waals surface area contributed by atoms with Crippen molar-refractivity contribution in [2.75, 3.05) is 0 Å². The molecule has 0 bridgehead atoms. The van der Waals surface area contributed by atoms with E-state index in [2.05, 4.69) is 37.2 Å². The lowest BCUT2D eigenvalue weighted by molar-refractivity contribution is -0.561. The Bertz CT molecular complexity index is 1860. The zero-order valence-corrected chi connectivity index (χ0v) is 47.3. The van der Waals surface area contributed by atoms with Gasteiger partial charge in [-0.15, -0.1) is 0 Å². The minimum absolute atomic E-state index is 0.00730. The Labute approximate surface area is 425 Å². The average molecular weight is 1010 g/mol. The summed E-state index contributed by atoms with van der Waals surface area (Å²) in [6, 6.07) is 0. The zero-order chi connectivity index (χ0) is 55.7. The fraction of sp³-hybridized carbons (Fsp3) is 0.846. The lowest BCUT2D eigenvalue weighted by Crippen LogP contribution is -2.49. The van der Waals surface area contributed by atoms with Gasteiger partial charge in [0.05, 0.1) is 0 Å². The van der Waals surface area contributed by atoms with Crippen LogP contribution < -0.4 is 37.2 Å². The third kappa shape index (κ3) is 32.7. The van der Waals surface area contributed by atoms with Crippen LogP contribution in [0.25, 0.3) is 0 Å². The van der Waals surface area contributed by atoms with Crippen LogP contribution in [-0.2, 0) is 43.1 Å². The molecule has 7 amide bonds. The van der Waals surface area contributed by atoms with E-state index in [9.17, 15) is 48.5 Å². The summed E-state index contributed by atoms with van der Waals surface area (Å²) in [5.74, 6) is -1.95. The molecule has 71 heavy (non-hydrogen) atoms. The molecule has 0 saturated heterocycles. The first-order valence-corrected chi connectivity index (χ1v) is 25.3. The standard InChI is InChI=1S/C52H96N8O11/c1-44(2,3)71-43(68)27-34-51(16,17)58-41(66)25-32-49(12,13)56-39(64)23-30-47(8,9)54-37(62)21-28-45(4,5)53-36(61)20-29-46(6,7)55-38(63)22-31-48(10,11)57-40(65)24-33-50(14,15)59-42(67)26-35-52(18,19)60(69)70/h20-35H2,1-19H3,(H,53,61)(H,54,62)(H,55,63)(H,56,64)(H,57,65)(H,58,66)(H,59,67). The molecule has 0 aliphatic heterocycles. The number of hydrogen-bond donors (Lipinski definition) is 7. The summed E-state index contributed by atoms with van der Waals surface area (Å²) in [5, 5.41) is 32.0. The molecule has 0 aliphatic carbocycles. The monoisotopic (exact) mass is 1010 g/mol. The van der Waals surface area contributed by atoms with Crippen LogP contribution in [0, 0.1) is 10.1 Å². The molecule has 0 heterocycles. The molecule has 7 N–H and O–H groups in total. The van der Waals surface area contributed by atoms with Crippen LogP contribution in [0.1, 0.15) is 234 Å². The van der Waals surface area contributed by atoms with E-state index in [0.29, 0.717) is 44.9 Å². The second kappa shape index (κ2) is 26.7. The third-order valence-electron chi connectivity index (χ3n) is 12.0. The molecular formula is C52H96N8O11. The Morgan fingerprint density at radius 1 is 0.324 bits per heavy atom. The molecule has 0 atom stereocenters. The van der Waals surface area contributed by atoms with Crippen molar-refractivity contribution < 1.29 is 48.0 Å². The van der Waals surface area contributed by atoms with Crippen LogP contribution >= 0.6 is 0 Å². The van der Waals surface area contributed by atoms with Gasteiger partial charge in [-0.25, -0.2) is 0 Å². The predicted molar refractivity (Wildman–Crippen MR) is 276 cm³/mol. The van der Waals surface area contributed by atoms with E-state index in [0.717, 1.165) is 0 Å². The summed E-state index contributed by atoms with van der Waals surface area (Å²) in [6.45, 7) is 34.0. The molecule has 0 aromatic rings. The maximum absolute atomic E-state index is 13.1. The van der Waals surface area contributed by atoms with Gasteiger partial charge in [0.2, 0.25) is 46.9 Å². The predicted octanol–water partition coefficient (Wildman–Crippen LogP) is 6.89. The smallest absolute Gasteiger partial charge is 0.306 e. The van der Waals surface area contributed by atoms with E-state index < -0.39 is 54.8 Å². The highest BCUT2D eigenvalue weighted by Crippen LogP contribution is 2.22. The van der Waals surface area contributed by atoms with E-state index >= 15 is 0 Å². The lowest BCUT2D eigenvalue weighted by atomic mass is 9.93. The topological polar surface area (TPSA) is 273 Å². The number of rotatable bonds is 32. The van der Waals surface area contributed by atoms with Crippen molar-refractivity contribution in [2.45, 2.75) is 284 Å². The van der Waals surface area contributed by atoms with Crippen molar-refractivity contribution in [3.8, 4) is 0 Å². The Morgan fingerprint density at radius 2 is 0.493 bits per heavy atom. The Morgan fingerprint density at radius 3 is 0.662 bits per heavy atom. The molecule has 0 aliphatic rings. The minimum atomic E-state index is -1.22. The van der Waals surface area contributed by atoms with Gasteiger partial charge in [0.1, 0.15) is 5.60 Å². The van der Waals surface area contributed by atoms with Gasteiger partial charge in [-0.05, 0) is 163 Å². The molecule has 0 unspecified atom stereocenters. The van der Waals surface area contributed by atoms with Gasteiger partial charge >= 0.3 is 5.97 Å². The number of carbonyl (C=O) groups excluding carboxylic acids is 8. The van der Waals surface area contributed by atoms with Crippen LogP contribution in [0.3, 0.4) is 0 Å². The largest absolute Gasteiger partial charge is 0.460 e. The normalized spacial score (nSPS) is 13.1. The van der Waals surface area contributed by atoms with E-state index in [1.165, 1.54) is 13.8 Å². The van der Waals surface area contributed by atoms with Gasteiger partial charge < -0.3 is 42.0 Å². The van der Waals surface area contributed by atoms with Crippen LogP contribution in [-0.4, -0.2) is 102 Å². The summed E-state index contributed by atoms with van der Waals surface area (Å²) in [6.07, 6.45) is 3.68. The molecule has 0 radical (unpaired) electrons. The first-order chi connectivity index (χ1) is 31.8. The van der Waals surface area contributed by atoms with Crippen molar-refractivity contribution in [3.05, 3.63) is 10.1 Å². The fourth-order valence-corrected chi connectivity index (χ4v) is 7.39. The summed E-state index contributed by atoms with van der Waals surface area (Å²) in [4.78, 5) is 113. The molecule has 0 fully saturated rings. The van der Waals surface area contributed by atoms with Crippen LogP contribution in [0.15, 0.2) is 0 Å². The highest BCUT2D eigenvalue weighted by Gasteiger charge is 2.34. The number of nitro groups is 1. The second-order valence-electron chi connectivity index (χ2n) is 25.7. The molecule has 0 rings (SSSR count). The van der Waals surface area contributed by atoms with E-state index in [-0.39, 0.29) is 105 Å². The fourth-order valence-electron chi connectivity index (χ4n) is 7.39. The van der Waals surface area contributed by atoms with Gasteiger partial charge in [0, 0.05) is 115 Å². The third-order valence-corrected chi connectivity index (χ3v) is 12.0. The number of nitrogens with one attached hydrogen (secondary N) is 7. The first kappa shape index (κ1) is 66.2. The van der Waals surface area contributed by atoms with Crippen LogP contribution in [0.4, 0.5) is 0 Å². The first-order valence-electron chi connectivity index (χ1n) is 25.3. The minimum Gasteiger partial charge on any atom is -0.460 e. The summed E-state index contributed by atoms with van der Waals surface area (Å²) in [5.41, 5.74) is -6.61. The number of esters is 1. The molecule has 19 nitrogen and oxygen atoms in total. The molecule has 410 valence electrons. The van der Waals surface area contributed by atoms with Gasteiger partial charge in [-0.2, -0.15) is 0 Å². The molecule has 0 aromatic heterocycles. The van der Waals surface area contributed by atoms with E-state index in [4.69, 9.17) is 4.74 Å². The second-order valence-corrected chi connectivity index (χ2v) is 25.7. The highest BCUT2D eigenvalue weighted by molar-refractivity contribution is 5.81. The number of hydrogen-bond acceptors (Lipinski definition) is 11. The van der Waals surface area contributed by atoms with E-state index in [1.807, 2.05) is 83.1 Å². The quantitative estimate of drug-likeness (QED) is 0.0207. The van der Waals surface area contributed by atoms with Crippen molar-refractivity contribution in [1.82, 2.24) is 37.2 Å². The molecule has 19 heteroatoms. The molecule has 0 saturated carbocycles. The summed E-state index contributed by atoms with van der Waals surface area (Å²) < 4.78 is 5.37. The maximum atomic E-state index is 13.1. The van der Waals surface area contributed by atoms with Gasteiger partial charge in [-0.1, -0.05) is 0 Å². The molecular weight excluding hydrogens is 913 g/mol. The Balaban J connectivity index is 4.76. The Kier molecular flexibility index (Phi) is 24.9. The SMILES string of the molecule is CC(C)(CCC(=O)NC(C)(C)CCC(=O)NC(C)(C)CCC(=O)NC(C)(C)CCC(=O)OC(C)(C)C)NC(=O)CCC(C)(C)NC(=O)CCC(C)(C)NC(=O)CCC(C)(C)NC(=O)CCC(C)(C)[N+](=O)[O-]. The number of ether oxygens (including phenoxy) is 1. The van der Waals surface area contributed by atoms with E-state index in [1.54, 1.807) is 34.6 Å². The zero-order valence-electron chi connectivity index (χ0n) is 47.3. The lowest BCUT2D eigenvalue weighted by Gasteiger charge is -2.31. The van der Waals surface area contributed by atoms with Crippen LogP contribution in [0.5, 0.6) is 0 Å². The average Bonchev–Trinajstić information content (AvgIpc) is 3.16. The summed E-state index contributed by atoms with van der Waals surface area (Å²) in [7, 11) is 0. The molecule has 0 spiro atoms.